The minimum atomic E-state index is -0.581. The van der Waals surface area contributed by atoms with Crippen LogP contribution >= 0.6 is 0 Å². The summed E-state index contributed by atoms with van der Waals surface area (Å²) in [6.07, 6.45) is 7.64. The van der Waals surface area contributed by atoms with Crippen LogP contribution in [0.3, 0.4) is 0 Å². The molecule has 0 aromatic rings. The summed E-state index contributed by atoms with van der Waals surface area (Å²) in [6.45, 7) is 4.07. The highest BCUT2D eigenvalue weighted by Crippen LogP contribution is 2.29. The van der Waals surface area contributed by atoms with Gasteiger partial charge in [-0.2, -0.15) is 0 Å². The van der Waals surface area contributed by atoms with E-state index in [9.17, 15) is 9.90 Å². The Kier molecular flexibility index (Phi) is 6.36. The van der Waals surface area contributed by atoms with Crippen LogP contribution in [0.15, 0.2) is 12.7 Å². The van der Waals surface area contributed by atoms with E-state index in [1.54, 1.807) is 6.08 Å². The second kappa shape index (κ2) is 7.54. The van der Waals surface area contributed by atoms with Gasteiger partial charge in [-0.1, -0.05) is 25.3 Å². The molecular formula is C14H25NO3. The van der Waals surface area contributed by atoms with Crippen molar-refractivity contribution in [1.82, 2.24) is 5.32 Å². The Balaban J connectivity index is 2.51. The molecule has 0 aromatic carbocycles. The Morgan fingerprint density at radius 3 is 2.72 bits per heavy atom. The zero-order valence-corrected chi connectivity index (χ0v) is 11.3. The van der Waals surface area contributed by atoms with Gasteiger partial charge in [-0.3, -0.25) is 10.1 Å². The van der Waals surface area contributed by atoms with Gasteiger partial charge in [0, 0.05) is 6.54 Å². The van der Waals surface area contributed by atoms with E-state index in [4.69, 9.17) is 4.74 Å². The van der Waals surface area contributed by atoms with E-state index in [1.165, 1.54) is 13.5 Å². The minimum absolute atomic E-state index is 0.196. The summed E-state index contributed by atoms with van der Waals surface area (Å²) in [4.78, 5) is 11.9. The number of hydrogen-bond donors (Lipinski definition) is 2. The number of methoxy groups -OCH3 is 1. The molecule has 0 aromatic heterocycles. The van der Waals surface area contributed by atoms with Crippen LogP contribution < -0.4 is 5.32 Å². The fraction of sp³-hybridized carbons (Fsp3) is 0.786. The third kappa shape index (κ3) is 4.10. The second-order valence-corrected chi connectivity index (χ2v) is 5.04. The van der Waals surface area contributed by atoms with Crippen molar-refractivity contribution in [3.8, 4) is 0 Å². The summed E-state index contributed by atoms with van der Waals surface area (Å²) >= 11 is 0. The van der Waals surface area contributed by atoms with Crippen LogP contribution in [0, 0.1) is 0 Å². The number of rotatable bonds is 7. The smallest absolute Gasteiger partial charge is 0.326 e. The molecule has 0 radical (unpaired) electrons. The van der Waals surface area contributed by atoms with E-state index in [1.807, 2.05) is 0 Å². The summed E-state index contributed by atoms with van der Waals surface area (Å²) in [5.41, 5.74) is -0.581. The van der Waals surface area contributed by atoms with Gasteiger partial charge >= 0.3 is 5.97 Å². The van der Waals surface area contributed by atoms with Crippen LogP contribution in [-0.2, 0) is 9.53 Å². The number of ether oxygens (including phenoxy) is 1. The average Bonchev–Trinajstić information content (AvgIpc) is 2.43. The molecule has 0 spiro atoms. The Morgan fingerprint density at radius 2 is 2.17 bits per heavy atom. The van der Waals surface area contributed by atoms with E-state index in [2.05, 4.69) is 11.9 Å². The molecule has 1 rings (SSSR count). The van der Waals surface area contributed by atoms with Crippen molar-refractivity contribution >= 4 is 5.97 Å². The summed E-state index contributed by atoms with van der Waals surface area (Å²) in [5, 5.41) is 13.1. The Bertz CT molecular complexity index is 272. The third-order valence-corrected chi connectivity index (χ3v) is 3.66. The number of hydrogen-bond acceptors (Lipinski definition) is 4. The molecule has 0 amide bonds. The SMILES string of the molecule is C=CCCC(O)CNC1(C(=O)OC)CCCCC1. The van der Waals surface area contributed by atoms with Gasteiger partial charge in [-0.25, -0.2) is 0 Å². The molecule has 104 valence electrons. The van der Waals surface area contributed by atoms with Gasteiger partial charge in [-0.15, -0.1) is 6.58 Å². The van der Waals surface area contributed by atoms with Crippen LogP contribution in [0.2, 0.25) is 0 Å². The number of aliphatic hydroxyl groups is 1. The summed E-state index contributed by atoms with van der Waals surface area (Å²) < 4.78 is 4.91. The number of carbonyl (C=O) groups is 1. The summed E-state index contributed by atoms with van der Waals surface area (Å²) in [7, 11) is 1.43. The molecule has 0 saturated heterocycles. The topological polar surface area (TPSA) is 58.6 Å². The molecule has 0 heterocycles. The molecule has 1 aliphatic carbocycles. The standard InChI is InChI=1S/C14H25NO3/c1-3-4-8-12(16)11-15-14(13(17)18-2)9-6-5-7-10-14/h3,12,15-16H,1,4-11H2,2H3. The van der Waals surface area contributed by atoms with Gasteiger partial charge in [-0.05, 0) is 25.7 Å². The van der Waals surface area contributed by atoms with Crippen LogP contribution in [0.5, 0.6) is 0 Å². The van der Waals surface area contributed by atoms with Gasteiger partial charge in [0.2, 0.25) is 0 Å². The molecule has 1 aliphatic rings. The van der Waals surface area contributed by atoms with E-state index in [0.717, 1.165) is 32.1 Å². The average molecular weight is 255 g/mol. The molecule has 18 heavy (non-hydrogen) atoms. The first kappa shape index (κ1) is 15.2. The highest BCUT2D eigenvalue weighted by molar-refractivity contribution is 5.80. The molecule has 0 aliphatic heterocycles. The lowest BCUT2D eigenvalue weighted by atomic mass is 9.81. The van der Waals surface area contributed by atoms with Crippen molar-refractivity contribution in [2.24, 2.45) is 0 Å². The maximum Gasteiger partial charge on any atom is 0.326 e. The maximum atomic E-state index is 11.9. The van der Waals surface area contributed by atoms with Crippen LogP contribution in [-0.4, -0.2) is 36.4 Å². The quantitative estimate of drug-likeness (QED) is 0.538. The predicted molar refractivity (Wildman–Crippen MR) is 71.3 cm³/mol. The summed E-state index contributed by atoms with van der Waals surface area (Å²) in [6, 6.07) is 0. The minimum Gasteiger partial charge on any atom is -0.468 e. The largest absolute Gasteiger partial charge is 0.468 e. The molecule has 2 N–H and O–H groups in total. The van der Waals surface area contributed by atoms with Gasteiger partial charge in [0.15, 0.2) is 0 Å². The lowest BCUT2D eigenvalue weighted by Crippen LogP contribution is -2.55. The Labute approximate surface area is 109 Å². The van der Waals surface area contributed by atoms with Crippen LogP contribution in [0.4, 0.5) is 0 Å². The van der Waals surface area contributed by atoms with Crippen LogP contribution in [0.1, 0.15) is 44.9 Å². The number of β-amino-alcohol motifs (C(OH)–C–C–N with tert-alkyl or cyclic N) is 1. The highest BCUT2D eigenvalue weighted by atomic mass is 16.5. The normalized spacial score (nSPS) is 20.1. The molecular weight excluding hydrogens is 230 g/mol. The monoisotopic (exact) mass is 255 g/mol. The van der Waals surface area contributed by atoms with E-state index < -0.39 is 11.6 Å². The van der Waals surface area contributed by atoms with E-state index in [-0.39, 0.29) is 5.97 Å². The fourth-order valence-corrected chi connectivity index (χ4v) is 2.53. The van der Waals surface area contributed by atoms with Crippen molar-refractivity contribution in [3.05, 3.63) is 12.7 Å². The zero-order chi connectivity index (χ0) is 13.4. The molecule has 1 unspecified atom stereocenters. The van der Waals surface area contributed by atoms with Crippen molar-refractivity contribution in [2.75, 3.05) is 13.7 Å². The number of carbonyl (C=O) groups excluding carboxylic acids is 1. The fourth-order valence-electron chi connectivity index (χ4n) is 2.53. The first-order valence-corrected chi connectivity index (χ1v) is 6.77. The molecule has 1 fully saturated rings. The van der Waals surface area contributed by atoms with Gasteiger partial charge in [0.05, 0.1) is 13.2 Å². The Hall–Kier alpha value is -0.870. The lowest BCUT2D eigenvalue weighted by molar-refractivity contribution is -0.150. The molecule has 1 atom stereocenters. The summed E-state index contributed by atoms with van der Waals surface area (Å²) in [5.74, 6) is -0.196. The molecule has 4 nitrogen and oxygen atoms in total. The van der Waals surface area contributed by atoms with Crippen molar-refractivity contribution < 1.29 is 14.6 Å². The number of esters is 1. The van der Waals surface area contributed by atoms with Crippen molar-refractivity contribution in [3.63, 3.8) is 0 Å². The van der Waals surface area contributed by atoms with Gasteiger partial charge in [0.1, 0.15) is 5.54 Å². The van der Waals surface area contributed by atoms with Gasteiger partial charge in [0.25, 0.3) is 0 Å². The first-order valence-electron chi connectivity index (χ1n) is 6.77. The van der Waals surface area contributed by atoms with Crippen molar-refractivity contribution in [1.29, 1.82) is 0 Å². The second-order valence-electron chi connectivity index (χ2n) is 5.04. The number of nitrogens with one attached hydrogen (secondary N) is 1. The number of allylic oxidation sites excluding steroid dienone is 1. The molecule has 0 bridgehead atoms. The van der Waals surface area contributed by atoms with Crippen LogP contribution in [0.25, 0.3) is 0 Å². The maximum absolute atomic E-state index is 11.9. The third-order valence-electron chi connectivity index (χ3n) is 3.66. The number of aliphatic hydroxyl groups excluding tert-OH is 1. The lowest BCUT2D eigenvalue weighted by Gasteiger charge is -2.36. The van der Waals surface area contributed by atoms with Gasteiger partial charge < -0.3 is 9.84 Å². The molecule has 1 saturated carbocycles. The molecule has 4 heteroatoms. The van der Waals surface area contributed by atoms with E-state index >= 15 is 0 Å². The van der Waals surface area contributed by atoms with E-state index in [0.29, 0.717) is 13.0 Å². The highest BCUT2D eigenvalue weighted by Gasteiger charge is 2.40. The zero-order valence-electron chi connectivity index (χ0n) is 11.3. The predicted octanol–water partition coefficient (Wildman–Crippen LogP) is 1.78. The van der Waals surface area contributed by atoms with Crippen molar-refractivity contribution in [2.45, 2.75) is 56.6 Å². The first-order chi connectivity index (χ1) is 8.64. The Morgan fingerprint density at radius 1 is 1.50 bits per heavy atom.